The monoisotopic (exact) mass is 243 g/mol. The van der Waals surface area contributed by atoms with Crippen molar-refractivity contribution in [2.75, 3.05) is 13.2 Å². The second-order valence-corrected chi connectivity index (χ2v) is 5.23. The number of ether oxygens (including phenoxy) is 1. The number of carbonyl (C=O) groups excluding carboxylic acids is 1. The third-order valence-corrected chi connectivity index (χ3v) is 3.68. The quantitative estimate of drug-likeness (QED) is 0.644. The lowest BCUT2D eigenvalue weighted by Crippen LogP contribution is -2.46. The third kappa shape index (κ3) is 1.42. The normalized spacial score (nSPS) is 42.7. The van der Waals surface area contributed by atoms with E-state index >= 15 is 0 Å². The van der Waals surface area contributed by atoms with E-state index in [0.717, 1.165) is 0 Å². The molecule has 2 heterocycles. The van der Waals surface area contributed by atoms with Crippen LogP contribution in [0.2, 0.25) is 0 Å². The third-order valence-electron chi connectivity index (χ3n) is 2.44. The smallest absolute Gasteiger partial charge is 0.257 e. The van der Waals surface area contributed by atoms with Gasteiger partial charge in [-0.2, -0.15) is 0 Å². The molecule has 0 aromatic rings. The number of carbonyl (C=O) groups is 1. The fourth-order valence-corrected chi connectivity index (χ4v) is 3.09. The minimum atomic E-state index is -1.40. The maximum absolute atomic E-state index is 11.3. The van der Waals surface area contributed by atoms with Crippen molar-refractivity contribution in [1.29, 1.82) is 0 Å². The van der Waals surface area contributed by atoms with Crippen LogP contribution in [-0.4, -0.2) is 34.9 Å². The molecule has 0 saturated carbocycles. The molecule has 13 heavy (non-hydrogen) atoms. The van der Waals surface area contributed by atoms with Crippen LogP contribution in [0.1, 0.15) is 0 Å². The molecule has 0 aromatic carbocycles. The molecule has 1 amide bonds. The first kappa shape index (κ1) is 9.84. The number of alkyl halides is 3. The van der Waals surface area contributed by atoms with Crippen molar-refractivity contribution in [3.63, 3.8) is 0 Å². The van der Waals surface area contributed by atoms with Crippen molar-refractivity contribution in [2.24, 2.45) is 5.92 Å². The van der Waals surface area contributed by atoms with Gasteiger partial charge >= 0.3 is 0 Å². The SMILES string of the molecule is O=C1N[C@H]2COC[C@@H](Cl)[C@@H]2C1(Cl)Cl. The van der Waals surface area contributed by atoms with Gasteiger partial charge in [-0.1, -0.05) is 23.2 Å². The first-order chi connectivity index (χ1) is 6.03. The Hall–Kier alpha value is 0.300. The minimum Gasteiger partial charge on any atom is -0.378 e. The Morgan fingerprint density at radius 3 is 2.77 bits per heavy atom. The lowest BCUT2D eigenvalue weighted by atomic mass is 9.94. The van der Waals surface area contributed by atoms with E-state index in [0.29, 0.717) is 13.2 Å². The van der Waals surface area contributed by atoms with Crippen molar-refractivity contribution in [3.8, 4) is 0 Å². The summed E-state index contributed by atoms with van der Waals surface area (Å²) in [5.74, 6) is -0.638. The molecule has 2 aliphatic rings. The maximum atomic E-state index is 11.3. The van der Waals surface area contributed by atoms with Crippen LogP contribution in [0.4, 0.5) is 0 Å². The van der Waals surface area contributed by atoms with E-state index in [1.807, 2.05) is 0 Å². The Kier molecular flexibility index (Phi) is 2.39. The predicted molar refractivity (Wildman–Crippen MR) is 50.3 cm³/mol. The lowest BCUT2D eigenvalue weighted by Gasteiger charge is -2.32. The van der Waals surface area contributed by atoms with Gasteiger partial charge in [0.15, 0.2) is 0 Å². The highest BCUT2D eigenvalue weighted by molar-refractivity contribution is 6.59. The average Bonchev–Trinajstić information content (AvgIpc) is 2.24. The molecule has 0 spiro atoms. The molecule has 2 aliphatic heterocycles. The highest BCUT2D eigenvalue weighted by atomic mass is 35.5. The summed E-state index contributed by atoms with van der Waals surface area (Å²) in [4.78, 5) is 11.3. The van der Waals surface area contributed by atoms with Crippen LogP contribution in [0, 0.1) is 5.92 Å². The first-order valence-electron chi connectivity index (χ1n) is 3.94. The second-order valence-electron chi connectivity index (χ2n) is 3.28. The molecule has 3 nitrogen and oxygen atoms in total. The van der Waals surface area contributed by atoms with Crippen LogP contribution in [0.5, 0.6) is 0 Å². The highest BCUT2D eigenvalue weighted by Crippen LogP contribution is 2.43. The molecule has 0 aromatic heterocycles. The molecule has 1 N–H and O–H groups in total. The number of hydrogen-bond acceptors (Lipinski definition) is 2. The zero-order valence-electron chi connectivity index (χ0n) is 6.60. The largest absolute Gasteiger partial charge is 0.378 e. The van der Waals surface area contributed by atoms with E-state index < -0.39 is 4.33 Å². The van der Waals surface area contributed by atoms with Gasteiger partial charge in [-0.25, -0.2) is 0 Å². The summed E-state index contributed by atoms with van der Waals surface area (Å²) in [7, 11) is 0. The van der Waals surface area contributed by atoms with E-state index in [1.54, 1.807) is 0 Å². The number of amides is 1. The van der Waals surface area contributed by atoms with Crippen molar-refractivity contribution < 1.29 is 9.53 Å². The Labute approximate surface area is 90.7 Å². The summed E-state index contributed by atoms with van der Waals surface area (Å²) in [6.07, 6.45) is 0. The van der Waals surface area contributed by atoms with Gasteiger partial charge in [0.1, 0.15) is 0 Å². The highest BCUT2D eigenvalue weighted by Gasteiger charge is 2.57. The first-order valence-corrected chi connectivity index (χ1v) is 5.13. The summed E-state index contributed by atoms with van der Waals surface area (Å²) < 4.78 is 3.77. The van der Waals surface area contributed by atoms with Crippen LogP contribution in [0.3, 0.4) is 0 Å². The number of fused-ring (bicyclic) bond motifs is 1. The second kappa shape index (κ2) is 3.16. The van der Waals surface area contributed by atoms with E-state index in [-0.39, 0.29) is 23.2 Å². The van der Waals surface area contributed by atoms with Crippen LogP contribution >= 0.6 is 34.8 Å². The zero-order valence-corrected chi connectivity index (χ0v) is 8.86. The summed E-state index contributed by atoms with van der Waals surface area (Å²) in [6, 6.07) is -0.154. The molecule has 0 bridgehead atoms. The molecule has 2 saturated heterocycles. The van der Waals surface area contributed by atoms with Gasteiger partial charge in [-0.3, -0.25) is 4.79 Å². The van der Waals surface area contributed by atoms with Gasteiger partial charge in [0.2, 0.25) is 4.33 Å². The molecular formula is C7H8Cl3NO2. The van der Waals surface area contributed by atoms with E-state index in [9.17, 15) is 4.79 Å². The summed E-state index contributed by atoms with van der Waals surface area (Å²) >= 11 is 17.8. The topological polar surface area (TPSA) is 38.3 Å². The number of hydrogen-bond donors (Lipinski definition) is 1. The summed E-state index contributed by atoms with van der Waals surface area (Å²) in [5, 5.41) is 2.35. The van der Waals surface area contributed by atoms with Crippen LogP contribution in [0.25, 0.3) is 0 Å². The van der Waals surface area contributed by atoms with E-state index in [4.69, 9.17) is 39.5 Å². The Bertz CT molecular complexity index is 246. The molecule has 2 fully saturated rings. The molecule has 3 atom stereocenters. The van der Waals surface area contributed by atoms with E-state index in [1.165, 1.54) is 0 Å². The van der Waals surface area contributed by atoms with Crippen LogP contribution < -0.4 is 5.32 Å². The van der Waals surface area contributed by atoms with Crippen molar-refractivity contribution >= 4 is 40.7 Å². The van der Waals surface area contributed by atoms with Crippen LogP contribution in [0.15, 0.2) is 0 Å². The zero-order chi connectivity index (χ0) is 9.64. The predicted octanol–water partition coefficient (Wildman–Crippen LogP) is 0.912. The Balaban J connectivity index is 2.28. The summed E-state index contributed by atoms with van der Waals surface area (Å²) in [5.41, 5.74) is 0. The van der Waals surface area contributed by atoms with Gasteiger partial charge in [-0.05, 0) is 0 Å². The van der Waals surface area contributed by atoms with Crippen molar-refractivity contribution in [1.82, 2.24) is 5.32 Å². The van der Waals surface area contributed by atoms with Crippen molar-refractivity contribution in [3.05, 3.63) is 0 Å². The minimum absolute atomic E-state index is 0.154. The van der Waals surface area contributed by atoms with Crippen LogP contribution in [-0.2, 0) is 9.53 Å². The fourth-order valence-electron chi connectivity index (χ4n) is 1.79. The fraction of sp³-hybridized carbons (Fsp3) is 0.857. The molecule has 74 valence electrons. The van der Waals surface area contributed by atoms with Crippen molar-refractivity contribution in [2.45, 2.75) is 15.8 Å². The molecule has 2 rings (SSSR count). The molecule has 0 radical (unpaired) electrons. The van der Waals surface area contributed by atoms with Gasteiger partial charge in [0.25, 0.3) is 5.91 Å². The molecule has 6 heteroatoms. The van der Waals surface area contributed by atoms with Gasteiger partial charge in [0, 0.05) is 5.92 Å². The number of nitrogens with one attached hydrogen (secondary N) is 1. The molecule has 0 aliphatic carbocycles. The van der Waals surface area contributed by atoms with Gasteiger partial charge in [-0.15, -0.1) is 11.6 Å². The maximum Gasteiger partial charge on any atom is 0.257 e. The summed E-state index contributed by atoms with van der Waals surface area (Å²) in [6.45, 7) is 0.819. The standard InChI is InChI=1S/C7H8Cl3NO2/c8-3-1-13-2-4-5(3)7(9,10)6(12)11-4/h3-5H,1-2H2,(H,11,12)/t3-,4+,5+/m1/s1. The molecule has 0 unspecified atom stereocenters. The number of rotatable bonds is 0. The average molecular weight is 245 g/mol. The lowest BCUT2D eigenvalue weighted by molar-refractivity contribution is -0.120. The Morgan fingerprint density at radius 2 is 2.15 bits per heavy atom. The van der Waals surface area contributed by atoms with Gasteiger partial charge in [0.05, 0.1) is 24.6 Å². The van der Waals surface area contributed by atoms with Gasteiger partial charge < -0.3 is 10.1 Å². The Morgan fingerprint density at radius 1 is 1.46 bits per heavy atom. The number of halogens is 3. The molecular weight excluding hydrogens is 236 g/mol. The van der Waals surface area contributed by atoms with E-state index in [2.05, 4.69) is 5.32 Å².